The summed E-state index contributed by atoms with van der Waals surface area (Å²) in [6.07, 6.45) is 3.54. The Morgan fingerprint density at radius 3 is 2.77 bits per heavy atom. The number of fused-ring (bicyclic) bond motifs is 2. The maximum atomic E-state index is 13.2. The van der Waals surface area contributed by atoms with E-state index in [4.69, 9.17) is 16.0 Å². The quantitative estimate of drug-likeness (QED) is 0.516. The van der Waals surface area contributed by atoms with E-state index in [2.05, 4.69) is 15.0 Å². The molecule has 0 aliphatic carbocycles. The van der Waals surface area contributed by atoms with Crippen LogP contribution < -0.4 is 14.9 Å². The molecule has 10 nitrogen and oxygen atoms in total. The first-order chi connectivity index (χ1) is 16.7. The molecule has 2 aliphatic rings. The molecule has 1 aromatic carbocycles. The molecule has 0 saturated carbocycles. The molecule has 35 heavy (non-hydrogen) atoms. The standard InChI is InChI=1S/C22H22ClN5O5S2/c1-14(29)27-7-6-22(12-27)13-28(21(30)26-20-24-11-19(23)34-20)18-5-4-16(9-17(18)22)35(31,32)25-10-15-3-2-8-33-15/h2-5,8-9,11,25H,6-7,10,12-13H2,1H3,(H,24,26,30). The van der Waals surface area contributed by atoms with Crippen molar-refractivity contribution >= 4 is 55.7 Å². The van der Waals surface area contributed by atoms with Crippen molar-refractivity contribution in [1.29, 1.82) is 0 Å². The van der Waals surface area contributed by atoms with Crippen molar-refractivity contribution in [2.24, 2.45) is 0 Å². The number of hydrogen-bond acceptors (Lipinski definition) is 7. The molecule has 3 amide bonds. The van der Waals surface area contributed by atoms with E-state index in [1.54, 1.807) is 34.1 Å². The van der Waals surface area contributed by atoms with Crippen LogP contribution >= 0.6 is 22.9 Å². The lowest BCUT2D eigenvalue weighted by Crippen LogP contribution is -2.41. The number of hydrogen-bond donors (Lipinski definition) is 2. The number of likely N-dealkylation sites (tertiary alicyclic amines) is 1. The van der Waals surface area contributed by atoms with Gasteiger partial charge in [-0.3, -0.25) is 15.0 Å². The zero-order valence-corrected chi connectivity index (χ0v) is 21.0. The maximum absolute atomic E-state index is 13.2. The van der Waals surface area contributed by atoms with E-state index in [1.165, 1.54) is 25.5 Å². The average molecular weight is 536 g/mol. The largest absolute Gasteiger partial charge is 0.468 e. The van der Waals surface area contributed by atoms with Gasteiger partial charge in [-0.2, -0.15) is 0 Å². The number of anilines is 2. The summed E-state index contributed by atoms with van der Waals surface area (Å²) in [7, 11) is -3.85. The van der Waals surface area contributed by atoms with Gasteiger partial charge in [0.25, 0.3) is 0 Å². The minimum atomic E-state index is -3.85. The number of aromatic nitrogens is 1. The second kappa shape index (κ2) is 8.94. The SMILES string of the molecule is CC(=O)N1CCC2(C1)CN(C(=O)Nc1ncc(Cl)s1)c1ccc(S(=O)(=O)NCc3ccco3)cc12. The lowest BCUT2D eigenvalue weighted by Gasteiger charge is -2.25. The number of sulfonamides is 1. The monoisotopic (exact) mass is 535 g/mol. The number of carbonyl (C=O) groups is 2. The summed E-state index contributed by atoms with van der Waals surface area (Å²) in [6.45, 7) is 2.75. The molecule has 3 aromatic rings. The summed E-state index contributed by atoms with van der Waals surface area (Å²) in [6, 6.07) is 7.68. The summed E-state index contributed by atoms with van der Waals surface area (Å²) in [5, 5.41) is 3.12. The molecule has 2 aromatic heterocycles. The van der Waals surface area contributed by atoms with Crippen molar-refractivity contribution < 1.29 is 22.4 Å². The van der Waals surface area contributed by atoms with Gasteiger partial charge in [0.05, 0.1) is 23.9 Å². The van der Waals surface area contributed by atoms with Gasteiger partial charge in [0.2, 0.25) is 15.9 Å². The van der Waals surface area contributed by atoms with Gasteiger partial charge in [-0.05, 0) is 42.3 Å². The third-order valence-electron chi connectivity index (χ3n) is 6.35. The van der Waals surface area contributed by atoms with Crippen molar-refractivity contribution in [3.8, 4) is 0 Å². The van der Waals surface area contributed by atoms with Gasteiger partial charge in [-0.25, -0.2) is 22.9 Å². The molecule has 0 radical (unpaired) electrons. The van der Waals surface area contributed by atoms with Crippen LogP contribution in [0.3, 0.4) is 0 Å². The number of thiazole rings is 1. The number of benzene rings is 1. The van der Waals surface area contributed by atoms with E-state index >= 15 is 0 Å². The minimum Gasteiger partial charge on any atom is -0.468 e. The highest BCUT2D eigenvalue weighted by Crippen LogP contribution is 2.47. The Balaban J connectivity index is 1.48. The van der Waals surface area contributed by atoms with Crippen molar-refractivity contribution in [2.75, 3.05) is 29.9 Å². The Labute approximate surface area is 210 Å². The number of rotatable bonds is 5. The number of urea groups is 1. The van der Waals surface area contributed by atoms with Crippen LogP contribution in [0.5, 0.6) is 0 Å². The number of furan rings is 1. The summed E-state index contributed by atoms with van der Waals surface area (Å²) >= 11 is 7.07. The number of amides is 3. The van der Waals surface area contributed by atoms with Crippen LogP contribution in [-0.4, -0.2) is 49.9 Å². The molecule has 0 bridgehead atoms. The molecule has 1 atom stereocenters. The van der Waals surface area contributed by atoms with Gasteiger partial charge in [0.1, 0.15) is 10.1 Å². The molecular formula is C22H22ClN5O5S2. The Hall–Kier alpha value is -2.93. The molecule has 184 valence electrons. The highest BCUT2D eigenvalue weighted by Gasteiger charge is 2.50. The van der Waals surface area contributed by atoms with Crippen LogP contribution in [0.25, 0.3) is 0 Å². The van der Waals surface area contributed by atoms with Crippen LogP contribution in [0.4, 0.5) is 15.6 Å². The number of carbonyl (C=O) groups excluding carboxylic acids is 2. The number of nitrogens with zero attached hydrogens (tertiary/aromatic N) is 3. The predicted octanol–water partition coefficient (Wildman–Crippen LogP) is 3.41. The molecule has 4 heterocycles. The predicted molar refractivity (Wildman–Crippen MR) is 131 cm³/mol. The molecule has 1 fully saturated rings. The molecule has 2 aliphatic heterocycles. The van der Waals surface area contributed by atoms with E-state index in [9.17, 15) is 18.0 Å². The van der Waals surface area contributed by atoms with Gasteiger partial charge in [0.15, 0.2) is 5.13 Å². The zero-order chi connectivity index (χ0) is 24.8. The third-order valence-corrected chi connectivity index (χ3v) is 8.78. The van der Waals surface area contributed by atoms with E-state index in [0.29, 0.717) is 47.0 Å². The van der Waals surface area contributed by atoms with E-state index < -0.39 is 21.5 Å². The Kier molecular flexibility index (Phi) is 6.08. The molecule has 2 N–H and O–H groups in total. The Morgan fingerprint density at radius 2 is 2.11 bits per heavy atom. The molecule has 1 unspecified atom stereocenters. The number of nitrogens with one attached hydrogen (secondary N) is 2. The van der Waals surface area contributed by atoms with Gasteiger partial charge >= 0.3 is 6.03 Å². The first kappa shape index (κ1) is 23.8. The van der Waals surface area contributed by atoms with Crippen LogP contribution in [0.15, 0.2) is 52.1 Å². The summed E-state index contributed by atoms with van der Waals surface area (Å²) < 4.78 is 34.3. The van der Waals surface area contributed by atoms with E-state index in [-0.39, 0.29) is 17.3 Å². The van der Waals surface area contributed by atoms with Crippen LogP contribution in [0.1, 0.15) is 24.7 Å². The second-order valence-electron chi connectivity index (χ2n) is 8.54. The number of halogens is 1. The summed E-state index contributed by atoms with van der Waals surface area (Å²) in [5.74, 6) is 0.428. The third kappa shape index (κ3) is 4.54. The molecule has 5 rings (SSSR count). The van der Waals surface area contributed by atoms with Gasteiger partial charge in [0, 0.05) is 37.7 Å². The zero-order valence-electron chi connectivity index (χ0n) is 18.7. The smallest absolute Gasteiger partial charge is 0.328 e. The van der Waals surface area contributed by atoms with Gasteiger partial charge < -0.3 is 9.32 Å². The summed E-state index contributed by atoms with van der Waals surface area (Å²) in [5.41, 5.74) is 0.737. The molecular weight excluding hydrogens is 514 g/mol. The molecule has 1 spiro atoms. The second-order valence-corrected chi connectivity index (χ2v) is 12.0. The molecule has 1 saturated heterocycles. The van der Waals surface area contributed by atoms with Crippen LogP contribution in [0, 0.1) is 0 Å². The highest BCUT2D eigenvalue weighted by atomic mass is 35.5. The first-order valence-corrected chi connectivity index (χ1v) is 13.5. The van der Waals surface area contributed by atoms with E-state index in [1.807, 2.05) is 0 Å². The molecule has 13 heteroatoms. The van der Waals surface area contributed by atoms with Crippen molar-refractivity contribution in [2.45, 2.75) is 30.2 Å². The van der Waals surface area contributed by atoms with Crippen LogP contribution in [0.2, 0.25) is 4.34 Å². The van der Waals surface area contributed by atoms with Crippen molar-refractivity contribution in [3.63, 3.8) is 0 Å². The van der Waals surface area contributed by atoms with E-state index in [0.717, 1.165) is 16.9 Å². The fourth-order valence-electron chi connectivity index (χ4n) is 4.62. The normalized spacial score (nSPS) is 19.4. The minimum absolute atomic E-state index is 0.0145. The van der Waals surface area contributed by atoms with Gasteiger partial charge in [-0.15, -0.1) is 0 Å². The van der Waals surface area contributed by atoms with Crippen molar-refractivity contribution in [1.82, 2.24) is 14.6 Å². The van der Waals surface area contributed by atoms with Crippen molar-refractivity contribution in [3.05, 3.63) is 58.5 Å². The highest BCUT2D eigenvalue weighted by molar-refractivity contribution is 7.89. The lowest BCUT2D eigenvalue weighted by molar-refractivity contribution is -0.127. The Morgan fingerprint density at radius 1 is 1.29 bits per heavy atom. The summed E-state index contributed by atoms with van der Waals surface area (Å²) in [4.78, 5) is 32.7. The average Bonchev–Trinajstić information content (AvgIpc) is 3.61. The fraction of sp³-hybridized carbons (Fsp3) is 0.318. The lowest BCUT2D eigenvalue weighted by atomic mass is 9.81. The maximum Gasteiger partial charge on any atom is 0.328 e. The van der Waals surface area contributed by atoms with Crippen LogP contribution in [-0.2, 0) is 26.8 Å². The first-order valence-electron chi connectivity index (χ1n) is 10.8. The topological polar surface area (TPSA) is 125 Å². The fourth-order valence-corrected chi connectivity index (χ4v) is 6.44. The Bertz CT molecular complexity index is 1390. The van der Waals surface area contributed by atoms with Gasteiger partial charge in [-0.1, -0.05) is 22.9 Å².